The zero-order valence-corrected chi connectivity index (χ0v) is 12.0. The Bertz CT molecular complexity index is 322. The van der Waals surface area contributed by atoms with E-state index >= 15 is 0 Å². The van der Waals surface area contributed by atoms with Crippen LogP contribution in [0.25, 0.3) is 0 Å². The topological polar surface area (TPSA) is 49.8 Å². The van der Waals surface area contributed by atoms with E-state index in [0.717, 1.165) is 35.6 Å². The Morgan fingerprint density at radius 3 is 2.88 bits per heavy atom. The first kappa shape index (κ1) is 13.6. The molecule has 0 radical (unpaired) electrons. The molecule has 0 atom stereocenters. The van der Waals surface area contributed by atoms with Crippen LogP contribution in [0.5, 0.6) is 0 Å². The molecule has 90 valence electrons. The lowest BCUT2D eigenvalue weighted by Gasteiger charge is -2.09. The van der Waals surface area contributed by atoms with E-state index in [1.54, 1.807) is 6.20 Å². The Hall–Kier alpha value is -0.490. The highest BCUT2D eigenvalue weighted by molar-refractivity contribution is 9.10. The van der Waals surface area contributed by atoms with Gasteiger partial charge in [0.15, 0.2) is 0 Å². The van der Waals surface area contributed by atoms with Crippen LogP contribution in [0, 0.1) is 0 Å². The fraction of sp³-hybridized carbons (Fsp3) is 0.600. The zero-order chi connectivity index (χ0) is 11.8. The third kappa shape index (κ3) is 4.57. The Morgan fingerprint density at radius 1 is 1.38 bits per heavy atom. The first-order chi connectivity index (χ1) is 7.77. The van der Waals surface area contributed by atoms with Crippen molar-refractivity contribution in [2.24, 2.45) is 0 Å². The molecule has 16 heavy (non-hydrogen) atoms. The van der Waals surface area contributed by atoms with Gasteiger partial charge in [-0.15, -0.1) is 0 Å². The van der Waals surface area contributed by atoms with Gasteiger partial charge in [0.1, 0.15) is 5.82 Å². The molecule has 1 aromatic rings. The highest BCUT2D eigenvalue weighted by Gasteiger charge is 2.03. The molecule has 0 amide bonds. The number of hydrogen-bond acceptors (Lipinski definition) is 5. The number of nitrogens with zero attached hydrogens (tertiary/aromatic N) is 2. The summed E-state index contributed by atoms with van der Waals surface area (Å²) in [5.74, 6) is 2.59. The maximum absolute atomic E-state index is 4.39. The molecule has 1 rings (SSSR count). The summed E-state index contributed by atoms with van der Waals surface area (Å²) in [6.07, 6.45) is 4.92. The average molecular weight is 305 g/mol. The molecule has 1 heterocycles. The lowest BCUT2D eigenvalue weighted by atomic mass is 10.5. The van der Waals surface area contributed by atoms with E-state index in [2.05, 4.69) is 49.7 Å². The van der Waals surface area contributed by atoms with Gasteiger partial charge in [-0.25, -0.2) is 4.98 Å². The highest BCUT2D eigenvalue weighted by atomic mass is 79.9. The van der Waals surface area contributed by atoms with E-state index in [-0.39, 0.29) is 0 Å². The first-order valence-corrected chi connectivity index (χ1v) is 7.45. The van der Waals surface area contributed by atoms with Crippen molar-refractivity contribution >= 4 is 39.5 Å². The van der Waals surface area contributed by atoms with Crippen LogP contribution >= 0.6 is 27.7 Å². The highest BCUT2D eigenvalue weighted by Crippen LogP contribution is 2.19. The Kier molecular flexibility index (Phi) is 6.56. The van der Waals surface area contributed by atoms with Gasteiger partial charge in [-0.1, -0.05) is 6.92 Å². The summed E-state index contributed by atoms with van der Waals surface area (Å²) in [6.45, 7) is 3.92. The molecule has 0 aliphatic heterocycles. The second kappa shape index (κ2) is 7.73. The smallest absolute Gasteiger partial charge is 0.224 e. The largest absolute Gasteiger partial charge is 0.368 e. The molecule has 0 saturated carbocycles. The van der Waals surface area contributed by atoms with Crippen molar-refractivity contribution in [3.05, 3.63) is 10.7 Å². The van der Waals surface area contributed by atoms with Crippen molar-refractivity contribution in [2.45, 2.75) is 13.3 Å². The van der Waals surface area contributed by atoms with Gasteiger partial charge in [0.2, 0.25) is 5.95 Å². The lowest BCUT2D eigenvalue weighted by Crippen LogP contribution is -2.09. The van der Waals surface area contributed by atoms with Crippen molar-refractivity contribution in [2.75, 3.05) is 35.7 Å². The van der Waals surface area contributed by atoms with Crippen LogP contribution in [0.3, 0.4) is 0 Å². The van der Waals surface area contributed by atoms with Crippen molar-refractivity contribution in [3.63, 3.8) is 0 Å². The molecule has 0 spiro atoms. The van der Waals surface area contributed by atoms with Gasteiger partial charge in [0, 0.05) is 25.0 Å². The standard InChI is InChI=1S/C10H17BrN4S/c1-3-4-13-10-14-7-8(11)9(15-10)12-5-6-16-2/h7H,3-6H2,1-2H3,(H2,12,13,14,15). The quantitative estimate of drug-likeness (QED) is 0.759. The van der Waals surface area contributed by atoms with E-state index in [1.165, 1.54) is 0 Å². The predicted molar refractivity (Wildman–Crippen MR) is 75.4 cm³/mol. The molecule has 0 aliphatic carbocycles. The van der Waals surface area contributed by atoms with E-state index in [1.807, 2.05) is 11.8 Å². The van der Waals surface area contributed by atoms with Crippen molar-refractivity contribution in [1.82, 2.24) is 9.97 Å². The molecule has 0 bridgehead atoms. The monoisotopic (exact) mass is 304 g/mol. The van der Waals surface area contributed by atoms with Crippen LogP contribution in [0.1, 0.15) is 13.3 Å². The molecular weight excluding hydrogens is 288 g/mol. The molecule has 0 aliphatic rings. The van der Waals surface area contributed by atoms with E-state index < -0.39 is 0 Å². The molecule has 2 N–H and O–H groups in total. The van der Waals surface area contributed by atoms with Gasteiger partial charge < -0.3 is 10.6 Å². The third-order valence-electron chi connectivity index (χ3n) is 1.88. The fourth-order valence-electron chi connectivity index (χ4n) is 1.08. The van der Waals surface area contributed by atoms with Gasteiger partial charge in [0.25, 0.3) is 0 Å². The summed E-state index contributed by atoms with van der Waals surface area (Å²) in [7, 11) is 0. The number of thioether (sulfide) groups is 1. The molecule has 6 heteroatoms. The molecule has 0 fully saturated rings. The molecule has 1 aromatic heterocycles. The van der Waals surface area contributed by atoms with Crippen LogP contribution in [0.15, 0.2) is 10.7 Å². The molecule has 0 unspecified atom stereocenters. The van der Waals surface area contributed by atoms with Crippen LogP contribution in [-0.2, 0) is 0 Å². The third-order valence-corrected chi connectivity index (χ3v) is 3.07. The number of hydrogen-bond donors (Lipinski definition) is 2. The molecular formula is C10H17BrN4S. The molecule has 0 aromatic carbocycles. The fourth-order valence-corrected chi connectivity index (χ4v) is 1.72. The number of halogens is 1. The maximum Gasteiger partial charge on any atom is 0.224 e. The van der Waals surface area contributed by atoms with Crippen molar-refractivity contribution in [1.29, 1.82) is 0 Å². The average Bonchev–Trinajstić information content (AvgIpc) is 2.30. The van der Waals surface area contributed by atoms with Crippen LogP contribution in [0.2, 0.25) is 0 Å². The van der Waals surface area contributed by atoms with Crippen molar-refractivity contribution in [3.8, 4) is 0 Å². The Balaban J connectivity index is 2.59. The summed E-state index contributed by atoms with van der Waals surface area (Å²) in [5, 5.41) is 6.44. The molecule has 0 saturated heterocycles. The minimum Gasteiger partial charge on any atom is -0.368 e. The van der Waals surface area contributed by atoms with Crippen LogP contribution in [-0.4, -0.2) is 35.1 Å². The van der Waals surface area contributed by atoms with Gasteiger partial charge in [-0.05, 0) is 28.6 Å². The maximum atomic E-state index is 4.39. The van der Waals surface area contributed by atoms with Gasteiger partial charge in [-0.2, -0.15) is 16.7 Å². The Labute approximate surface area is 109 Å². The van der Waals surface area contributed by atoms with Gasteiger partial charge in [-0.3, -0.25) is 0 Å². The number of nitrogens with one attached hydrogen (secondary N) is 2. The second-order valence-electron chi connectivity index (χ2n) is 3.24. The normalized spacial score (nSPS) is 10.2. The minimum atomic E-state index is 0.678. The predicted octanol–water partition coefficient (Wildman–Crippen LogP) is 2.84. The summed E-state index contributed by atoms with van der Waals surface area (Å²) < 4.78 is 0.899. The van der Waals surface area contributed by atoms with Crippen molar-refractivity contribution < 1.29 is 0 Å². The number of aromatic nitrogens is 2. The minimum absolute atomic E-state index is 0.678. The number of rotatable bonds is 7. The summed E-state index contributed by atoms with van der Waals surface area (Å²) >= 11 is 5.24. The van der Waals surface area contributed by atoms with Crippen LogP contribution < -0.4 is 10.6 Å². The van der Waals surface area contributed by atoms with Gasteiger partial charge in [0.05, 0.1) is 4.47 Å². The Morgan fingerprint density at radius 2 is 2.19 bits per heavy atom. The second-order valence-corrected chi connectivity index (χ2v) is 5.08. The number of anilines is 2. The first-order valence-electron chi connectivity index (χ1n) is 5.27. The van der Waals surface area contributed by atoms with E-state index in [4.69, 9.17) is 0 Å². The van der Waals surface area contributed by atoms with Crippen LogP contribution in [0.4, 0.5) is 11.8 Å². The summed E-state index contributed by atoms with van der Waals surface area (Å²) in [4.78, 5) is 8.58. The summed E-state index contributed by atoms with van der Waals surface area (Å²) in [5.41, 5.74) is 0. The van der Waals surface area contributed by atoms with E-state index in [9.17, 15) is 0 Å². The molecule has 4 nitrogen and oxygen atoms in total. The summed E-state index contributed by atoms with van der Waals surface area (Å²) in [6, 6.07) is 0. The SMILES string of the molecule is CCCNc1ncc(Br)c(NCCSC)n1. The van der Waals surface area contributed by atoms with E-state index in [0.29, 0.717) is 5.95 Å². The zero-order valence-electron chi connectivity index (χ0n) is 9.59. The lowest BCUT2D eigenvalue weighted by molar-refractivity contribution is 0.950. The van der Waals surface area contributed by atoms with Gasteiger partial charge >= 0.3 is 0 Å².